The topological polar surface area (TPSA) is 54.7 Å². The number of hydrogen-bond donors (Lipinski definition) is 2. The maximum absolute atomic E-state index is 5.92. The van der Waals surface area contributed by atoms with Crippen LogP contribution in [0.1, 0.15) is 41.1 Å². The van der Waals surface area contributed by atoms with E-state index in [0.29, 0.717) is 6.54 Å². The second kappa shape index (κ2) is 4.45. The summed E-state index contributed by atoms with van der Waals surface area (Å²) in [5.41, 5.74) is 13.4. The number of rotatable bonds is 3. The maximum atomic E-state index is 5.92. The molecule has 20 heavy (non-hydrogen) atoms. The van der Waals surface area contributed by atoms with Crippen LogP contribution in [0.3, 0.4) is 0 Å². The van der Waals surface area contributed by atoms with E-state index in [9.17, 15) is 0 Å². The predicted octanol–water partition coefficient (Wildman–Crippen LogP) is 3.30. The second-order valence-electron chi connectivity index (χ2n) is 6.32. The van der Waals surface area contributed by atoms with Crippen molar-refractivity contribution in [2.24, 2.45) is 5.73 Å². The van der Waals surface area contributed by atoms with Gasteiger partial charge in [0.25, 0.3) is 0 Å². The highest BCUT2D eigenvalue weighted by atomic mass is 15.0. The van der Waals surface area contributed by atoms with Gasteiger partial charge in [-0.1, -0.05) is 17.7 Å². The lowest BCUT2D eigenvalue weighted by molar-refractivity contribution is 0.658. The molecule has 106 valence electrons. The number of aryl methyl sites for hydroxylation is 4. The Balaban J connectivity index is 2.12. The Morgan fingerprint density at radius 3 is 2.25 bits per heavy atom. The van der Waals surface area contributed by atoms with Crippen LogP contribution < -0.4 is 5.73 Å². The third kappa shape index (κ3) is 1.97. The molecule has 0 saturated heterocycles. The molecule has 2 aromatic rings. The zero-order valence-electron chi connectivity index (χ0n) is 12.8. The molecule has 1 heterocycles. The van der Waals surface area contributed by atoms with Crippen LogP contribution in [0.5, 0.6) is 0 Å². The van der Waals surface area contributed by atoms with Gasteiger partial charge >= 0.3 is 0 Å². The lowest BCUT2D eigenvalue weighted by Crippen LogP contribution is -2.21. The molecule has 0 amide bonds. The summed E-state index contributed by atoms with van der Waals surface area (Å²) in [6, 6.07) is 4.46. The Morgan fingerprint density at radius 2 is 1.75 bits per heavy atom. The first-order valence-corrected chi connectivity index (χ1v) is 7.32. The number of H-pyrrole nitrogens is 1. The molecule has 1 fully saturated rings. The third-order valence-corrected chi connectivity index (χ3v) is 4.55. The van der Waals surface area contributed by atoms with Gasteiger partial charge in [-0.2, -0.15) is 0 Å². The summed E-state index contributed by atoms with van der Waals surface area (Å²) >= 11 is 0. The fourth-order valence-corrected chi connectivity index (χ4v) is 3.20. The number of aromatic nitrogens is 2. The molecule has 3 heteroatoms. The lowest BCUT2D eigenvalue weighted by Gasteiger charge is -2.10. The Hall–Kier alpha value is -1.61. The van der Waals surface area contributed by atoms with Crippen molar-refractivity contribution in [1.82, 2.24) is 9.97 Å². The van der Waals surface area contributed by atoms with Gasteiger partial charge in [-0.3, -0.25) is 0 Å². The summed E-state index contributed by atoms with van der Waals surface area (Å²) in [6.45, 7) is 9.26. The summed E-state index contributed by atoms with van der Waals surface area (Å²) in [4.78, 5) is 8.38. The standard InChI is InChI=1S/C17H23N3/c1-10-7-11(2)14(12(3)8-10)15-13(4)19-16(20-15)17(9-18)5-6-17/h7-8H,5-6,9,18H2,1-4H3,(H,19,20). The monoisotopic (exact) mass is 269 g/mol. The minimum atomic E-state index is 0.121. The summed E-state index contributed by atoms with van der Waals surface area (Å²) in [5.74, 6) is 1.08. The Labute approximate surface area is 120 Å². The van der Waals surface area contributed by atoms with Crippen molar-refractivity contribution < 1.29 is 0 Å². The van der Waals surface area contributed by atoms with Crippen LogP contribution in [0.15, 0.2) is 12.1 Å². The average Bonchev–Trinajstić information content (AvgIpc) is 3.08. The van der Waals surface area contributed by atoms with Gasteiger partial charge in [-0.15, -0.1) is 0 Å². The Bertz CT molecular complexity index is 640. The van der Waals surface area contributed by atoms with Gasteiger partial charge < -0.3 is 10.7 Å². The number of nitrogens with one attached hydrogen (secondary N) is 1. The van der Waals surface area contributed by atoms with E-state index >= 15 is 0 Å². The van der Waals surface area contributed by atoms with Gasteiger partial charge in [0.15, 0.2) is 0 Å². The van der Waals surface area contributed by atoms with Gasteiger partial charge in [-0.25, -0.2) is 4.98 Å². The number of nitrogens with two attached hydrogens (primary N) is 1. The zero-order valence-corrected chi connectivity index (χ0v) is 12.8. The molecule has 0 unspecified atom stereocenters. The fourth-order valence-electron chi connectivity index (χ4n) is 3.20. The third-order valence-electron chi connectivity index (χ3n) is 4.55. The van der Waals surface area contributed by atoms with Crippen molar-refractivity contribution in [3.63, 3.8) is 0 Å². The molecule has 1 aliphatic rings. The Kier molecular flexibility index (Phi) is 2.98. The van der Waals surface area contributed by atoms with Crippen LogP contribution in [0.25, 0.3) is 11.3 Å². The van der Waals surface area contributed by atoms with Gasteiger partial charge in [0.2, 0.25) is 0 Å². The van der Waals surface area contributed by atoms with Crippen molar-refractivity contribution in [2.75, 3.05) is 6.54 Å². The van der Waals surface area contributed by atoms with Crippen molar-refractivity contribution in [2.45, 2.75) is 46.0 Å². The molecule has 3 nitrogen and oxygen atoms in total. The molecule has 0 atom stereocenters. The molecular formula is C17H23N3. The van der Waals surface area contributed by atoms with E-state index in [2.05, 4.69) is 44.8 Å². The van der Waals surface area contributed by atoms with Crippen LogP contribution in [0.2, 0.25) is 0 Å². The smallest absolute Gasteiger partial charge is 0.114 e. The molecule has 1 aromatic carbocycles. The molecule has 0 radical (unpaired) electrons. The SMILES string of the molecule is Cc1cc(C)c(-c2nc(C3(CN)CC3)[nH]c2C)c(C)c1. The van der Waals surface area contributed by atoms with E-state index in [4.69, 9.17) is 10.7 Å². The van der Waals surface area contributed by atoms with Gasteiger partial charge in [0, 0.05) is 23.2 Å². The first kappa shape index (κ1) is 13.4. The first-order valence-electron chi connectivity index (χ1n) is 7.32. The van der Waals surface area contributed by atoms with Crippen LogP contribution in [-0.4, -0.2) is 16.5 Å². The molecule has 0 aliphatic heterocycles. The Morgan fingerprint density at radius 1 is 1.15 bits per heavy atom. The average molecular weight is 269 g/mol. The number of aromatic amines is 1. The van der Waals surface area contributed by atoms with Crippen molar-refractivity contribution in [3.8, 4) is 11.3 Å². The summed E-state index contributed by atoms with van der Waals surface area (Å²) in [7, 11) is 0. The number of imidazole rings is 1. The fraction of sp³-hybridized carbons (Fsp3) is 0.471. The van der Waals surface area contributed by atoms with E-state index in [1.807, 2.05) is 0 Å². The molecule has 3 N–H and O–H groups in total. The number of nitrogens with zero attached hydrogens (tertiary/aromatic N) is 1. The molecule has 1 aliphatic carbocycles. The van der Waals surface area contributed by atoms with E-state index in [1.165, 1.54) is 22.3 Å². The summed E-state index contributed by atoms with van der Waals surface area (Å²) < 4.78 is 0. The summed E-state index contributed by atoms with van der Waals surface area (Å²) in [6.07, 6.45) is 2.31. The summed E-state index contributed by atoms with van der Waals surface area (Å²) in [5, 5.41) is 0. The van der Waals surface area contributed by atoms with Crippen molar-refractivity contribution >= 4 is 0 Å². The first-order chi connectivity index (χ1) is 9.47. The molecule has 0 spiro atoms. The van der Waals surface area contributed by atoms with Crippen LogP contribution >= 0.6 is 0 Å². The largest absolute Gasteiger partial charge is 0.345 e. The maximum Gasteiger partial charge on any atom is 0.114 e. The van der Waals surface area contributed by atoms with Gasteiger partial charge in [0.1, 0.15) is 5.82 Å². The van der Waals surface area contributed by atoms with Crippen LogP contribution in [0.4, 0.5) is 0 Å². The van der Waals surface area contributed by atoms with Crippen molar-refractivity contribution in [3.05, 3.63) is 40.3 Å². The quantitative estimate of drug-likeness (QED) is 0.898. The van der Waals surface area contributed by atoms with Crippen LogP contribution in [-0.2, 0) is 5.41 Å². The zero-order chi connectivity index (χ0) is 14.5. The van der Waals surface area contributed by atoms with E-state index < -0.39 is 0 Å². The van der Waals surface area contributed by atoms with Gasteiger partial charge in [-0.05, 0) is 51.7 Å². The molecule has 1 aromatic heterocycles. The second-order valence-corrected chi connectivity index (χ2v) is 6.32. The molecule has 3 rings (SSSR count). The molecule has 0 bridgehead atoms. The van der Waals surface area contributed by atoms with Crippen molar-refractivity contribution in [1.29, 1.82) is 0 Å². The highest BCUT2D eigenvalue weighted by Gasteiger charge is 2.46. The molecular weight excluding hydrogens is 246 g/mol. The van der Waals surface area contributed by atoms with E-state index in [1.54, 1.807) is 0 Å². The van der Waals surface area contributed by atoms with Crippen LogP contribution in [0, 0.1) is 27.7 Å². The normalized spacial score (nSPS) is 16.4. The van der Waals surface area contributed by atoms with E-state index in [-0.39, 0.29) is 5.41 Å². The minimum Gasteiger partial charge on any atom is -0.345 e. The minimum absolute atomic E-state index is 0.121. The van der Waals surface area contributed by atoms with Gasteiger partial charge in [0.05, 0.1) is 5.69 Å². The predicted molar refractivity (Wildman–Crippen MR) is 82.9 cm³/mol. The van der Waals surface area contributed by atoms with E-state index in [0.717, 1.165) is 30.1 Å². The number of hydrogen-bond acceptors (Lipinski definition) is 2. The lowest BCUT2D eigenvalue weighted by atomic mass is 9.96. The highest BCUT2D eigenvalue weighted by molar-refractivity contribution is 5.70. The molecule has 1 saturated carbocycles. The number of benzene rings is 1. The highest BCUT2D eigenvalue weighted by Crippen LogP contribution is 2.46.